The third-order valence-corrected chi connectivity index (χ3v) is 1.85. The van der Waals surface area contributed by atoms with Crippen LogP contribution in [0.1, 0.15) is 33.1 Å². The van der Waals surface area contributed by atoms with Crippen LogP contribution in [0.3, 0.4) is 0 Å². The molecule has 0 saturated heterocycles. The molecule has 0 amide bonds. The summed E-state index contributed by atoms with van der Waals surface area (Å²) >= 11 is 4.12. The molecule has 0 atom stereocenters. The van der Waals surface area contributed by atoms with Crippen LogP contribution < -0.4 is 0 Å². The van der Waals surface area contributed by atoms with Gasteiger partial charge in [-0.3, -0.25) is 0 Å². The highest BCUT2D eigenvalue weighted by Crippen LogP contribution is 1.99. The first-order valence-electron chi connectivity index (χ1n) is 4.46. The molecule has 0 aliphatic rings. The van der Waals surface area contributed by atoms with E-state index in [1.807, 2.05) is 0 Å². The van der Waals surface area contributed by atoms with Crippen molar-refractivity contribution in [2.45, 2.75) is 33.1 Å². The largest absolute Gasteiger partial charge is 0.381 e. The summed E-state index contributed by atoms with van der Waals surface area (Å²) in [5.41, 5.74) is 0. The van der Waals surface area contributed by atoms with Crippen LogP contribution in [-0.4, -0.2) is 19.0 Å². The van der Waals surface area contributed by atoms with Gasteiger partial charge in [0, 0.05) is 13.2 Å². The minimum absolute atomic E-state index is 0.764. The third kappa shape index (κ3) is 10.3. The fraction of sp³-hybridized carbons (Fsp3) is 1.00. The van der Waals surface area contributed by atoms with Crippen LogP contribution >= 0.6 is 12.6 Å². The molecule has 0 aromatic rings. The maximum Gasteiger partial charge on any atom is 0.0468 e. The zero-order chi connectivity index (χ0) is 8.53. The Morgan fingerprint density at radius 2 is 1.91 bits per heavy atom. The Balaban J connectivity index is 2.80. The van der Waals surface area contributed by atoms with Crippen LogP contribution in [0, 0.1) is 5.92 Å². The van der Waals surface area contributed by atoms with Gasteiger partial charge in [0.05, 0.1) is 0 Å². The maximum atomic E-state index is 5.41. The topological polar surface area (TPSA) is 9.23 Å². The van der Waals surface area contributed by atoms with Crippen molar-refractivity contribution in [3.05, 3.63) is 0 Å². The van der Waals surface area contributed by atoms with Gasteiger partial charge in [-0.2, -0.15) is 12.6 Å². The van der Waals surface area contributed by atoms with Crippen LogP contribution in [0.15, 0.2) is 0 Å². The molecule has 0 aliphatic carbocycles. The number of unbranched alkanes of at least 4 members (excludes halogenated alkanes) is 1. The van der Waals surface area contributed by atoms with Crippen LogP contribution in [0.4, 0.5) is 0 Å². The lowest BCUT2D eigenvalue weighted by molar-refractivity contribution is 0.121. The van der Waals surface area contributed by atoms with E-state index in [1.54, 1.807) is 0 Å². The predicted octanol–water partition coefficient (Wildman–Crippen LogP) is 2.76. The van der Waals surface area contributed by atoms with Gasteiger partial charge in [0.15, 0.2) is 0 Å². The van der Waals surface area contributed by atoms with Gasteiger partial charge < -0.3 is 4.74 Å². The van der Waals surface area contributed by atoms with Crippen molar-refractivity contribution in [3.8, 4) is 0 Å². The van der Waals surface area contributed by atoms with Gasteiger partial charge in [0.2, 0.25) is 0 Å². The monoisotopic (exact) mass is 176 g/mol. The molecule has 0 aliphatic heterocycles. The minimum atomic E-state index is 0.764. The second-order valence-corrected chi connectivity index (χ2v) is 3.67. The number of thiol groups is 1. The minimum Gasteiger partial charge on any atom is -0.381 e. The molecule has 0 N–H and O–H groups in total. The second kappa shape index (κ2) is 8.41. The molecule has 0 saturated carbocycles. The van der Waals surface area contributed by atoms with E-state index < -0.39 is 0 Å². The lowest BCUT2D eigenvalue weighted by atomic mass is 10.1. The molecule has 0 fully saturated rings. The van der Waals surface area contributed by atoms with Gasteiger partial charge >= 0.3 is 0 Å². The summed E-state index contributed by atoms with van der Waals surface area (Å²) in [6.07, 6.45) is 3.51. The van der Waals surface area contributed by atoms with Gasteiger partial charge in [-0.05, 0) is 30.9 Å². The van der Waals surface area contributed by atoms with Crippen LogP contribution in [0.5, 0.6) is 0 Å². The molecular formula is C9H20OS. The number of ether oxygens (including phenoxy) is 1. The first kappa shape index (κ1) is 11.3. The molecular weight excluding hydrogens is 156 g/mol. The van der Waals surface area contributed by atoms with Crippen molar-refractivity contribution >= 4 is 12.6 Å². The Bertz CT molecular complexity index is 74.0. The van der Waals surface area contributed by atoms with E-state index >= 15 is 0 Å². The summed E-state index contributed by atoms with van der Waals surface area (Å²) in [6.45, 7) is 6.27. The Morgan fingerprint density at radius 3 is 2.45 bits per heavy atom. The normalized spacial score (nSPS) is 10.9. The molecule has 0 aromatic heterocycles. The summed E-state index contributed by atoms with van der Waals surface area (Å²) in [6, 6.07) is 0. The third-order valence-electron chi connectivity index (χ3n) is 1.54. The van der Waals surface area contributed by atoms with Gasteiger partial charge in [0.1, 0.15) is 0 Å². The second-order valence-electron chi connectivity index (χ2n) is 3.23. The molecule has 1 nitrogen and oxygen atoms in total. The molecule has 0 unspecified atom stereocenters. The van der Waals surface area contributed by atoms with Crippen molar-refractivity contribution in [2.24, 2.45) is 5.92 Å². The van der Waals surface area contributed by atoms with E-state index in [2.05, 4.69) is 26.5 Å². The van der Waals surface area contributed by atoms with E-state index in [4.69, 9.17) is 4.74 Å². The van der Waals surface area contributed by atoms with Gasteiger partial charge in [-0.1, -0.05) is 13.8 Å². The van der Waals surface area contributed by atoms with Crippen LogP contribution in [-0.2, 0) is 4.74 Å². The molecule has 0 rings (SSSR count). The fourth-order valence-corrected chi connectivity index (χ4v) is 0.961. The van der Waals surface area contributed by atoms with E-state index in [0.717, 1.165) is 31.3 Å². The van der Waals surface area contributed by atoms with Gasteiger partial charge in [-0.15, -0.1) is 0 Å². The standard InChI is InChI=1S/C9H20OS/c1-9(2)5-7-10-6-3-4-8-11/h9,11H,3-8H2,1-2H3. The average Bonchev–Trinajstić information content (AvgIpc) is 1.96. The first-order chi connectivity index (χ1) is 5.27. The molecule has 0 spiro atoms. The summed E-state index contributed by atoms with van der Waals surface area (Å²) in [4.78, 5) is 0. The first-order valence-corrected chi connectivity index (χ1v) is 5.09. The Hall–Kier alpha value is 0.310. The van der Waals surface area contributed by atoms with E-state index in [0.29, 0.717) is 0 Å². The quantitative estimate of drug-likeness (QED) is 0.463. The van der Waals surface area contributed by atoms with E-state index in [1.165, 1.54) is 12.8 Å². The number of hydrogen-bond acceptors (Lipinski definition) is 2. The smallest absolute Gasteiger partial charge is 0.0468 e. The van der Waals surface area contributed by atoms with Crippen molar-refractivity contribution < 1.29 is 4.74 Å². The fourth-order valence-electron chi connectivity index (χ4n) is 0.737. The Labute approximate surface area is 75.9 Å². The van der Waals surface area contributed by atoms with Crippen LogP contribution in [0.2, 0.25) is 0 Å². The Morgan fingerprint density at radius 1 is 1.18 bits per heavy atom. The highest BCUT2D eigenvalue weighted by molar-refractivity contribution is 7.80. The number of rotatable bonds is 7. The highest BCUT2D eigenvalue weighted by Gasteiger charge is 1.93. The summed E-state index contributed by atoms with van der Waals surface area (Å²) in [7, 11) is 0. The molecule has 68 valence electrons. The number of hydrogen-bond donors (Lipinski definition) is 1. The molecule has 0 bridgehead atoms. The highest BCUT2D eigenvalue weighted by atomic mass is 32.1. The Kier molecular flexibility index (Phi) is 8.64. The summed E-state index contributed by atoms with van der Waals surface area (Å²) < 4.78 is 5.41. The van der Waals surface area contributed by atoms with Gasteiger partial charge in [0.25, 0.3) is 0 Å². The molecule has 2 heteroatoms. The van der Waals surface area contributed by atoms with Crippen molar-refractivity contribution in [3.63, 3.8) is 0 Å². The molecule has 0 aromatic carbocycles. The SMILES string of the molecule is CC(C)CCOCCCCS. The van der Waals surface area contributed by atoms with Crippen LogP contribution in [0.25, 0.3) is 0 Å². The average molecular weight is 176 g/mol. The zero-order valence-corrected chi connectivity index (χ0v) is 8.57. The predicted molar refractivity (Wildman–Crippen MR) is 53.4 cm³/mol. The van der Waals surface area contributed by atoms with Crippen molar-refractivity contribution in [1.29, 1.82) is 0 Å². The van der Waals surface area contributed by atoms with Crippen molar-refractivity contribution in [1.82, 2.24) is 0 Å². The molecule has 0 radical (unpaired) electrons. The van der Waals surface area contributed by atoms with Gasteiger partial charge in [-0.25, -0.2) is 0 Å². The lowest BCUT2D eigenvalue weighted by Crippen LogP contribution is -2.00. The summed E-state index contributed by atoms with van der Waals surface area (Å²) in [5, 5.41) is 0. The molecule has 11 heavy (non-hydrogen) atoms. The van der Waals surface area contributed by atoms with Crippen molar-refractivity contribution in [2.75, 3.05) is 19.0 Å². The molecule has 0 heterocycles. The summed E-state index contributed by atoms with van der Waals surface area (Å²) in [5.74, 6) is 1.74. The maximum absolute atomic E-state index is 5.41. The van der Waals surface area contributed by atoms with E-state index in [-0.39, 0.29) is 0 Å². The zero-order valence-electron chi connectivity index (χ0n) is 7.68. The lowest BCUT2D eigenvalue weighted by Gasteiger charge is -2.05. The van der Waals surface area contributed by atoms with E-state index in [9.17, 15) is 0 Å².